The lowest BCUT2D eigenvalue weighted by Crippen LogP contribution is -2.29. The molecule has 0 saturated carbocycles. The second-order valence-electron chi connectivity index (χ2n) is 4.76. The molecule has 1 saturated heterocycles. The van der Waals surface area contributed by atoms with Gasteiger partial charge in [-0.25, -0.2) is 9.18 Å². The van der Waals surface area contributed by atoms with Crippen LogP contribution in [0.25, 0.3) is 0 Å². The zero-order valence-corrected chi connectivity index (χ0v) is 13.1. The van der Waals surface area contributed by atoms with Crippen LogP contribution in [0.4, 0.5) is 14.9 Å². The van der Waals surface area contributed by atoms with Crippen molar-refractivity contribution in [2.24, 2.45) is 0 Å². The minimum Gasteiger partial charge on any atom is -0.352 e. The van der Waals surface area contributed by atoms with E-state index in [2.05, 4.69) is 16.0 Å². The van der Waals surface area contributed by atoms with Crippen molar-refractivity contribution in [1.29, 1.82) is 0 Å². The molecule has 22 heavy (non-hydrogen) atoms. The van der Waals surface area contributed by atoms with Crippen LogP contribution >= 0.6 is 12.4 Å². The number of nitrogens with one attached hydrogen (secondary N) is 3. The van der Waals surface area contributed by atoms with Gasteiger partial charge in [0.05, 0.1) is 5.56 Å². The van der Waals surface area contributed by atoms with Crippen molar-refractivity contribution < 1.29 is 14.0 Å². The standard InChI is InChI=1S/C14H19FN4O2.ClH/c1-16-5-2-6-17-13(20)11-9-10(3-4-12(11)15)19-8-7-18-14(19)21;/h3-4,9,16H,2,5-8H2,1H3,(H,17,20)(H,18,21);1H. The molecule has 1 aliphatic rings. The van der Waals surface area contributed by atoms with E-state index in [4.69, 9.17) is 0 Å². The Bertz CT molecular complexity index is 542. The summed E-state index contributed by atoms with van der Waals surface area (Å²) in [5.74, 6) is -1.06. The molecule has 0 bridgehead atoms. The van der Waals surface area contributed by atoms with E-state index in [0.29, 0.717) is 25.3 Å². The lowest BCUT2D eigenvalue weighted by atomic mass is 10.1. The number of halogens is 2. The van der Waals surface area contributed by atoms with E-state index in [0.717, 1.165) is 13.0 Å². The maximum absolute atomic E-state index is 13.8. The summed E-state index contributed by atoms with van der Waals surface area (Å²) < 4.78 is 13.8. The Balaban J connectivity index is 0.00000242. The van der Waals surface area contributed by atoms with Crippen molar-refractivity contribution in [3.05, 3.63) is 29.6 Å². The van der Waals surface area contributed by atoms with Gasteiger partial charge in [0.25, 0.3) is 5.91 Å². The molecule has 3 N–H and O–H groups in total. The molecule has 6 nitrogen and oxygen atoms in total. The molecule has 0 aromatic heterocycles. The minimum atomic E-state index is -0.593. The summed E-state index contributed by atoms with van der Waals surface area (Å²) in [4.78, 5) is 25.1. The van der Waals surface area contributed by atoms with Gasteiger partial charge in [-0.1, -0.05) is 0 Å². The minimum absolute atomic E-state index is 0. The van der Waals surface area contributed by atoms with Crippen molar-refractivity contribution in [1.82, 2.24) is 16.0 Å². The smallest absolute Gasteiger partial charge is 0.321 e. The average molecular weight is 331 g/mol. The molecule has 2 rings (SSSR count). The molecule has 1 aromatic rings. The summed E-state index contributed by atoms with van der Waals surface area (Å²) in [7, 11) is 1.83. The highest BCUT2D eigenvalue weighted by Crippen LogP contribution is 2.20. The van der Waals surface area contributed by atoms with E-state index in [9.17, 15) is 14.0 Å². The van der Waals surface area contributed by atoms with E-state index in [1.54, 1.807) is 0 Å². The Morgan fingerprint density at radius 2 is 2.18 bits per heavy atom. The maximum atomic E-state index is 13.8. The highest BCUT2D eigenvalue weighted by Gasteiger charge is 2.23. The van der Waals surface area contributed by atoms with Gasteiger partial charge in [-0.2, -0.15) is 0 Å². The number of amides is 3. The van der Waals surface area contributed by atoms with Gasteiger partial charge in [0.2, 0.25) is 0 Å². The van der Waals surface area contributed by atoms with Gasteiger partial charge < -0.3 is 16.0 Å². The number of carbonyl (C=O) groups is 2. The number of hydrogen-bond donors (Lipinski definition) is 3. The summed E-state index contributed by atoms with van der Waals surface area (Å²) >= 11 is 0. The fourth-order valence-electron chi connectivity index (χ4n) is 2.14. The zero-order chi connectivity index (χ0) is 15.2. The molecule has 1 aliphatic heterocycles. The zero-order valence-electron chi connectivity index (χ0n) is 12.3. The van der Waals surface area contributed by atoms with E-state index in [1.165, 1.54) is 23.1 Å². The van der Waals surface area contributed by atoms with Gasteiger partial charge in [-0.3, -0.25) is 9.69 Å². The molecule has 0 unspecified atom stereocenters. The quantitative estimate of drug-likeness (QED) is 0.684. The topological polar surface area (TPSA) is 73.5 Å². The van der Waals surface area contributed by atoms with Crippen molar-refractivity contribution in [2.45, 2.75) is 6.42 Å². The number of rotatable bonds is 6. The van der Waals surface area contributed by atoms with Crippen LogP contribution < -0.4 is 20.9 Å². The molecule has 1 fully saturated rings. The van der Waals surface area contributed by atoms with E-state index in [1.807, 2.05) is 7.05 Å². The average Bonchev–Trinajstić information content (AvgIpc) is 2.90. The third-order valence-corrected chi connectivity index (χ3v) is 3.25. The Morgan fingerprint density at radius 3 is 2.82 bits per heavy atom. The number of urea groups is 1. The molecule has 3 amide bonds. The van der Waals surface area contributed by atoms with Crippen LogP contribution in [0.2, 0.25) is 0 Å². The van der Waals surface area contributed by atoms with Crippen LogP contribution in [0.1, 0.15) is 16.8 Å². The molecular weight excluding hydrogens is 311 g/mol. The predicted octanol–water partition coefficient (Wildman–Crippen LogP) is 1.12. The second-order valence-corrected chi connectivity index (χ2v) is 4.76. The molecule has 0 spiro atoms. The Labute approximate surface area is 134 Å². The molecule has 0 aliphatic carbocycles. The van der Waals surface area contributed by atoms with Gasteiger partial charge >= 0.3 is 6.03 Å². The largest absolute Gasteiger partial charge is 0.352 e. The number of hydrogen-bond acceptors (Lipinski definition) is 3. The lowest BCUT2D eigenvalue weighted by molar-refractivity contribution is 0.0949. The first-order valence-corrected chi connectivity index (χ1v) is 6.91. The highest BCUT2D eigenvalue weighted by atomic mass is 35.5. The van der Waals surface area contributed by atoms with Gasteiger partial charge in [-0.15, -0.1) is 12.4 Å². The first kappa shape index (κ1) is 18.2. The molecular formula is C14H20ClFN4O2. The van der Waals surface area contributed by atoms with Gasteiger partial charge in [-0.05, 0) is 38.2 Å². The van der Waals surface area contributed by atoms with Crippen LogP contribution in [-0.4, -0.2) is 45.2 Å². The highest BCUT2D eigenvalue weighted by molar-refractivity contribution is 5.98. The van der Waals surface area contributed by atoms with Gasteiger partial charge in [0.1, 0.15) is 5.82 Å². The summed E-state index contributed by atoms with van der Waals surface area (Å²) in [6.07, 6.45) is 0.762. The summed E-state index contributed by atoms with van der Waals surface area (Å²) in [6.45, 7) is 2.29. The second kappa shape index (κ2) is 8.55. The third kappa shape index (κ3) is 4.32. The van der Waals surface area contributed by atoms with Crippen LogP contribution in [-0.2, 0) is 0 Å². The number of nitrogens with zero attached hydrogens (tertiary/aromatic N) is 1. The molecule has 1 heterocycles. The number of benzene rings is 1. The van der Waals surface area contributed by atoms with Crippen LogP contribution in [0.5, 0.6) is 0 Å². The molecule has 8 heteroatoms. The van der Waals surface area contributed by atoms with E-state index in [-0.39, 0.29) is 24.0 Å². The van der Waals surface area contributed by atoms with Crippen LogP contribution in [0, 0.1) is 5.82 Å². The van der Waals surface area contributed by atoms with Gasteiger partial charge in [0, 0.05) is 25.3 Å². The molecule has 1 aromatic carbocycles. The maximum Gasteiger partial charge on any atom is 0.321 e. The summed E-state index contributed by atoms with van der Waals surface area (Å²) in [6, 6.07) is 3.89. The summed E-state index contributed by atoms with van der Waals surface area (Å²) in [5, 5.41) is 8.30. The van der Waals surface area contributed by atoms with Crippen LogP contribution in [0.3, 0.4) is 0 Å². The van der Waals surface area contributed by atoms with Crippen LogP contribution in [0.15, 0.2) is 18.2 Å². The van der Waals surface area contributed by atoms with Crippen molar-refractivity contribution in [2.75, 3.05) is 38.1 Å². The monoisotopic (exact) mass is 330 g/mol. The SMILES string of the molecule is CNCCCNC(=O)c1cc(N2CCNC2=O)ccc1F.Cl. The third-order valence-electron chi connectivity index (χ3n) is 3.25. The van der Waals surface area contributed by atoms with E-state index >= 15 is 0 Å². The number of carbonyl (C=O) groups excluding carboxylic acids is 2. The van der Waals surface area contributed by atoms with E-state index < -0.39 is 11.7 Å². The molecule has 0 atom stereocenters. The van der Waals surface area contributed by atoms with Crippen molar-refractivity contribution in [3.63, 3.8) is 0 Å². The lowest BCUT2D eigenvalue weighted by Gasteiger charge is -2.15. The molecule has 122 valence electrons. The fourth-order valence-corrected chi connectivity index (χ4v) is 2.14. The Morgan fingerprint density at radius 1 is 1.41 bits per heavy atom. The summed E-state index contributed by atoms with van der Waals surface area (Å²) in [5.41, 5.74) is 0.475. The van der Waals surface area contributed by atoms with Crippen molar-refractivity contribution >= 4 is 30.0 Å². The van der Waals surface area contributed by atoms with Crippen molar-refractivity contribution in [3.8, 4) is 0 Å². The number of anilines is 1. The Hall–Kier alpha value is -1.86. The first-order chi connectivity index (χ1) is 10.1. The Kier molecular flexibility index (Phi) is 7.07. The predicted molar refractivity (Wildman–Crippen MR) is 85.3 cm³/mol. The molecule has 0 radical (unpaired) electrons. The normalized spacial score (nSPS) is 13.5. The first-order valence-electron chi connectivity index (χ1n) is 6.91. The van der Waals surface area contributed by atoms with Gasteiger partial charge in [0.15, 0.2) is 0 Å². The fraction of sp³-hybridized carbons (Fsp3) is 0.429.